The smallest absolute Gasteiger partial charge is 0.0458 e. The first-order valence-electron chi connectivity index (χ1n) is 8.42. The summed E-state index contributed by atoms with van der Waals surface area (Å²) < 4.78 is 0. The molecular weight excluding hydrogens is 244 g/mol. The summed E-state index contributed by atoms with van der Waals surface area (Å²) in [5.41, 5.74) is 9.53. The van der Waals surface area contributed by atoms with E-state index >= 15 is 0 Å². The van der Waals surface area contributed by atoms with Crippen molar-refractivity contribution < 1.29 is 0 Å². The number of nitrogens with zero attached hydrogens (tertiary/aromatic N) is 1. The lowest BCUT2D eigenvalue weighted by Gasteiger charge is -2.47. The van der Waals surface area contributed by atoms with Crippen molar-refractivity contribution in [3.63, 3.8) is 0 Å². The van der Waals surface area contributed by atoms with E-state index in [1.54, 1.807) is 0 Å². The first kappa shape index (κ1) is 14.1. The lowest BCUT2D eigenvalue weighted by molar-refractivity contribution is 0.0979. The summed E-state index contributed by atoms with van der Waals surface area (Å²) in [6.45, 7) is 2.19. The third-order valence-electron chi connectivity index (χ3n) is 5.78. The molecule has 2 aliphatic carbocycles. The van der Waals surface area contributed by atoms with Crippen LogP contribution in [0.25, 0.3) is 0 Å². The zero-order chi connectivity index (χ0) is 14.0. The highest BCUT2D eigenvalue weighted by atomic mass is 14.8. The van der Waals surface area contributed by atoms with Gasteiger partial charge in [-0.15, -0.1) is 0 Å². The van der Waals surface area contributed by atoms with Gasteiger partial charge in [0.2, 0.25) is 0 Å². The van der Waals surface area contributed by atoms with E-state index < -0.39 is 0 Å². The van der Waals surface area contributed by atoms with E-state index in [2.05, 4.69) is 18.0 Å². The average Bonchev–Trinajstić information content (AvgIpc) is 2.49. The van der Waals surface area contributed by atoms with E-state index in [9.17, 15) is 0 Å². The van der Waals surface area contributed by atoms with Gasteiger partial charge in [0.15, 0.2) is 0 Å². The van der Waals surface area contributed by atoms with Crippen LogP contribution in [0.1, 0.15) is 68.9 Å². The van der Waals surface area contributed by atoms with Crippen LogP contribution < -0.4 is 5.73 Å². The Hall–Kier alpha value is -0.890. The molecule has 0 radical (unpaired) electrons. The van der Waals surface area contributed by atoms with Crippen molar-refractivity contribution in [3.05, 3.63) is 29.6 Å². The molecule has 0 spiro atoms. The molecule has 1 heterocycles. The third-order valence-corrected chi connectivity index (χ3v) is 5.78. The van der Waals surface area contributed by atoms with Gasteiger partial charge in [-0.2, -0.15) is 0 Å². The molecule has 20 heavy (non-hydrogen) atoms. The molecule has 0 saturated heterocycles. The molecule has 2 atom stereocenters. The Bertz CT molecular complexity index is 450. The Morgan fingerprint density at radius 2 is 1.85 bits per heavy atom. The highest BCUT2D eigenvalue weighted by molar-refractivity contribution is 5.31. The topological polar surface area (TPSA) is 38.9 Å². The van der Waals surface area contributed by atoms with Crippen molar-refractivity contribution >= 4 is 0 Å². The summed E-state index contributed by atoms with van der Waals surface area (Å²) in [6, 6.07) is 2.12. The van der Waals surface area contributed by atoms with Crippen molar-refractivity contribution in [3.8, 4) is 0 Å². The lowest BCUT2D eigenvalue weighted by atomic mass is 9.61. The summed E-state index contributed by atoms with van der Waals surface area (Å²) in [5.74, 6) is 1.51. The second-order valence-corrected chi connectivity index (χ2v) is 6.98. The minimum atomic E-state index is -0.126. The van der Waals surface area contributed by atoms with Crippen molar-refractivity contribution in [1.29, 1.82) is 0 Å². The fraction of sp³-hybridized carbons (Fsp3) is 0.722. The first-order valence-corrected chi connectivity index (χ1v) is 8.42. The molecule has 0 aliphatic heterocycles. The number of hydrogen-bond acceptors (Lipinski definition) is 2. The fourth-order valence-corrected chi connectivity index (χ4v) is 4.70. The van der Waals surface area contributed by atoms with Crippen LogP contribution in [0, 0.1) is 18.8 Å². The molecule has 2 nitrogen and oxygen atoms in total. The predicted molar refractivity (Wildman–Crippen MR) is 83.4 cm³/mol. The number of nitrogens with two attached hydrogens (primary N) is 1. The van der Waals surface area contributed by atoms with Gasteiger partial charge in [0.25, 0.3) is 0 Å². The maximum atomic E-state index is 7.02. The number of pyridine rings is 1. The van der Waals surface area contributed by atoms with Crippen LogP contribution >= 0.6 is 0 Å². The van der Waals surface area contributed by atoms with Gasteiger partial charge in [0.05, 0.1) is 0 Å². The maximum Gasteiger partial charge on any atom is 0.0458 e. The highest BCUT2D eigenvalue weighted by Crippen LogP contribution is 2.47. The second kappa shape index (κ2) is 5.85. The van der Waals surface area contributed by atoms with E-state index in [0.717, 1.165) is 12.3 Å². The Labute approximate surface area is 123 Å². The molecule has 110 valence electrons. The summed E-state index contributed by atoms with van der Waals surface area (Å²) in [7, 11) is 0. The van der Waals surface area contributed by atoms with Gasteiger partial charge in [-0.1, -0.05) is 44.9 Å². The van der Waals surface area contributed by atoms with Gasteiger partial charge in [-0.25, -0.2) is 0 Å². The van der Waals surface area contributed by atoms with Crippen LogP contribution in [-0.4, -0.2) is 4.98 Å². The molecule has 2 unspecified atom stereocenters. The first-order chi connectivity index (χ1) is 9.72. The molecule has 0 aromatic carbocycles. The van der Waals surface area contributed by atoms with E-state index in [1.165, 1.54) is 62.5 Å². The molecule has 1 aromatic rings. The Morgan fingerprint density at radius 3 is 2.60 bits per heavy atom. The normalized spacial score (nSPS) is 32.2. The largest absolute Gasteiger partial charge is 0.321 e. The lowest BCUT2D eigenvalue weighted by Crippen LogP contribution is -2.50. The van der Waals surface area contributed by atoms with Gasteiger partial charge in [0, 0.05) is 17.9 Å². The van der Waals surface area contributed by atoms with Crippen LogP contribution in [0.3, 0.4) is 0 Å². The molecule has 2 aliphatic rings. The molecule has 0 amide bonds. The highest BCUT2D eigenvalue weighted by Gasteiger charge is 2.43. The summed E-state index contributed by atoms with van der Waals surface area (Å²) in [5, 5.41) is 0. The maximum absolute atomic E-state index is 7.02. The Balaban J connectivity index is 1.92. The number of rotatable bonds is 2. The van der Waals surface area contributed by atoms with Crippen LogP contribution in [0.15, 0.2) is 18.5 Å². The number of hydrogen-bond donors (Lipinski definition) is 1. The second-order valence-electron chi connectivity index (χ2n) is 6.98. The molecule has 0 bridgehead atoms. The minimum Gasteiger partial charge on any atom is -0.321 e. The molecule has 2 fully saturated rings. The molecule has 2 saturated carbocycles. The molecule has 3 rings (SSSR count). The zero-order valence-electron chi connectivity index (χ0n) is 12.8. The minimum absolute atomic E-state index is 0.126. The molecule has 1 aromatic heterocycles. The molecule has 2 heteroatoms. The van der Waals surface area contributed by atoms with E-state index in [1.807, 2.05) is 12.4 Å². The Morgan fingerprint density at radius 1 is 1.10 bits per heavy atom. The number of aryl methyl sites for hydroxylation is 1. The van der Waals surface area contributed by atoms with E-state index in [4.69, 9.17) is 5.73 Å². The third kappa shape index (κ3) is 2.50. The van der Waals surface area contributed by atoms with Gasteiger partial charge in [-0.3, -0.25) is 4.98 Å². The van der Waals surface area contributed by atoms with Crippen molar-refractivity contribution in [2.24, 2.45) is 17.6 Å². The van der Waals surface area contributed by atoms with Crippen LogP contribution in [0.4, 0.5) is 0 Å². The zero-order valence-corrected chi connectivity index (χ0v) is 12.8. The van der Waals surface area contributed by atoms with Crippen molar-refractivity contribution in [1.82, 2.24) is 4.98 Å². The molecular formula is C18H28N2. The average molecular weight is 272 g/mol. The van der Waals surface area contributed by atoms with E-state index in [-0.39, 0.29) is 5.54 Å². The fourth-order valence-electron chi connectivity index (χ4n) is 4.70. The molecule has 2 N–H and O–H groups in total. The van der Waals surface area contributed by atoms with Crippen molar-refractivity contribution in [2.75, 3.05) is 0 Å². The number of aromatic nitrogens is 1. The van der Waals surface area contributed by atoms with Gasteiger partial charge < -0.3 is 5.73 Å². The van der Waals surface area contributed by atoms with Crippen LogP contribution in [0.5, 0.6) is 0 Å². The summed E-state index contributed by atoms with van der Waals surface area (Å²) >= 11 is 0. The quantitative estimate of drug-likeness (QED) is 0.871. The van der Waals surface area contributed by atoms with Gasteiger partial charge in [-0.05, 0) is 48.8 Å². The standard InChI is InChI=1S/C18H28N2/c1-14-10-12-20-13-17(14)18(19)11-6-5-9-16(18)15-7-3-2-4-8-15/h10,12-13,15-16H,2-9,11,19H2,1H3. The summed E-state index contributed by atoms with van der Waals surface area (Å²) in [6.07, 6.45) is 16.0. The van der Waals surface area contributed by atoms with Gasteiger partial charge in [0.1, 0.15) is 0 Å². The van der Waals surface area contributed by atoms with Crippen molar-refractivity contribution in [2.45, 2.75) is 70.3 Å². The van der Waals surface area contributed by atoms with Crippen LogP contribution in [0.2, 0.25) is 0 Å². The van der Waals surface area contributed by atoms with Crippen LogP contribution in [-0.2, 0) is 5.54 Å². The van der Waals surface area contributed by atoms with E-state index in [0.29, 0.717) is 5.92 Å². The monoisotopic (exact) mass is 272 g/mol. The Kier molecular flexibility index (Phi) is 4.11. The summed E-state index contributed by atoms with van der Waals surface area (Å²) in [4.78, 5) is 4.37. The SMILES string of the molecule is Cc1ccncc1C1(N)CCCCC1C1CCCCC1. The predicted octanol–water partition coefficient (Wildman–Crippen LogP) is 4.31. The van der Waals surface area contributed by atoms with Gasteiger partial charge >= 0.3 is 0 Å².